The summed E-state index contributed by atoms with van der Waals surface area (Å²) in [5.74, 6) is -0.318. The molecule has 8 nitrogen and oxygen atoms in total. The fourth-order valence-corrected chi connectivity index (χ4v) is 6.15. The molecule has 2 aromatic rings. The van der Waals surface area contributed by atoms with Gasteiger partial charge in [-0.1, -0.05) is 0 Å². The minimum atomic E-state index is -4.59. The summed E-state index contributed by atoms with van der Waals surface area (Å²) in [6.45, 7) is 3.92. The van der Waals surface area contributed by atoms with Crippen LogP contribution in [0.15, 0.2) is 11.4 Å². The van der Waals surface area contributed by atoms with Gasteiger partial charge in [0, 0.05) is 57.5 Å². The number of nitrogens with one attached hydrogen (secondary N) is 1. The molecule has 2 aromatic heterocycles. The molecule has 0 aliphatic carbocycles. The highest BCUT2D eigenvalue weighted by Crippen LogP contribution is 2.41. The van der Waals surface area contributed by atoms with Crippen molar-refractivity contribution in [2.45, 2.75) is 50.4 Å². The van der Waals surface area contributed by atoms with Gasteiger partial charge in [0.2, 0.25) is 0 Å². The Morgan fingerprint density at radius 3 is 2.53 bits per heavy atom. The zero-order valence-electron chi connectivity index (χ0n) is 20.9. The van der Waals surface area contributed by atoms with Gasteiger partial charge in [0.1, 0.15) is 11.4 Å². The molecule has 1 atom stereocenters. The zero-order chi connectivity index (χ0) is 26.3. The first-order chi connectivity index (χ1) is 16.9. The number of pyridine rings is 1. The molecule has 12 heteroatoms. The number of carbonyl (C=O) groups excluding carboxylic acids is 2. The molecule has 2 amide bonds. The molecule has 2 saturated heterocycles. The van der Waals surface area contributed by atoms with E-state index in [1.165, 1.54) is 12.4 Å². The number of nitrogens with zero attached hydrogens (tertiary/aromatic N) is 4. The first-order valence-corrected chi connectivity index (χ1v) is 12.9. The third-order valence-corrected chi connectivity index (χ3v) is 7.98. The molecule has 0 radical (unpaired) electrons. The van der Waals surface area contributed by atoms with Crippen LogP contribution < -0.4 is 10.2 Å². The normalized spacial score (nSPS) is 20.3. The average molecular weight is 528 g/mol. The summed E-state index contributed by atoms with van der Waals surface area (Å²) in [6, 6.07) is 1.19. The summed E-state index contributed by atoms with van der Waals surface area (Å²) >= 11 is 0.863. The lowest BCUT2D eigenvalue weighted by Crippen LogP contribution is -2.54. The van der Waals surface area contributed by atoms with Crippen molar-refractivity contribution in [1.82, 2.24) is 20.1 Å². The number of hydrogen-bond acceptors (Lipinski definition) is 7. The third-order valence-electron chi connectivity index (χ3n) is 6.98. The van der Waals surface area contributed by atoms with E-state index in [2.05, 4.69) is 10.3 Å². The number of likely N-dealkylation sites (N-methyl/N-ethyl adjacent to an activating group) is 1. The maximum Gasteiger partial charge on any atom is 0.417 e. The second kappa shape index (κ2) is 10.0. The lowest BCUT2D eigenvalue weighted by Gasteiger charge is -2.43. The van der Waals surface area contributed by atoms with Gasteiger partial charge in [-0.3, -0.25) is 4.79 Å². The minimum Gasteiger partial charge on any atom is -0.441 e. The number of rotatable bonds is 5. The summed E-state index contributed by atoms with van der Waals surface area (Å²) in [5.41, 5.74) is -1.38. The number of piperidine rings is 1. The summed E-state index contributed by atoms with van der Waals surface area (Å²) in [5, 5.41) is 3.88. The Kier molecular flexibility index (Phi) is 7.38. The molecular formula is C24H32F3N5O3S. The van der Waals surface area contributed by atoms with Crippen molar-refractivity contribution < 1.29 is 27.5 Å². The van der Waals surface area contributed by atoms with Crippen molar-refractivity contribution in [3.05, 3.63) is 22.6 Å². The van der Waals surface area contributed by atoms with Crippen molar-refractivity contribution in [2.24, 2.45) is 0 Å². The minimum absolute atomic E-state index is 0.0451. The number of halogens is 3. The predicted molar refractivity (Wildman–Crippen MR) is 133 cm³/mol. The van der Waals surface area contributed by atoms with Gasteiger partial charge in [0.05, 0.1) is 21.3 Å². The summed E-state index contributed by atoms with van der Waals surface area (Å²) in [4.78, 5) is 35.2. The van der Waals surface area contributed by atoms with E-state index in [0.29, 0.717) is 39.0 Å². The van der Waals surface area contributed by atoms with Crippen molar-refractivity contribution in [3.8, 4) is 0 Å². The molecule has 0 spiro atoms. The monoisotopic (exact) mass is 527 g/mol. The second-order valence-electron chi connectivity index (χ2n) is 9.89. The van der Waals surface area contributed by atoms with Crippen LogP contribution in [0.5, 0.6) is 0 Å². The predicted octanol–water partition coefficient (Wildman–Crippen LogP) is 4.20. The van der Waals surface area contributed by atoms with Crippen LogP contribution in [0.3, 0.4) is 0 Å². The largest absolute Gasteiger partial charge is 0.441 e. The molecular weight excluding hydrogens is 495 g/mol. The van der Waals surface area contributed by atoms with E-state index in [4.69, 9.17) is 4.74 Å². The molecule has 198 valence electrons. The van der Waals surface area contributed by atoms with E-state index in [1.807, 2.05) is 25.9 Å². The summed E-state index contributed by atoms with van der Waals surface area (Å²) < 4.78 is 47.9. The van der Waals surface area contributed by atoms with Crippen molar-refractivity contribution in [1.29, 1.82) is 0 Å². The molecule has 2 aliphatic rings. The highest BCUT2D eigenvalue weighted by molar-refractivity contribution is 7.17. The lowest BCUT2D eigenvalue weighted by molar-refractivity contribution is -0.136. The molecule has 2 fully saturated rings. The average Bonchev–Trinajstić information content (AvgIpc) is 3.43. The highest BCUT2D eigenvalue weighted by atomic mass is 32.1. The van der Waals surface area contributed by atoms with Crippen LogP contribution in [0.2, 0.25) is 0 Å². The number of aromatic nitrogens is 1. The number of alkyl halides is 3. The van der Waals surface area contributed by atoms with Crippen LogP contribution in [0, 0.1) is 0 Å². The van der Waals surface area contributed by atoms with Gasteiger partial charge < -0.3 is 24.8 Å². The number of hydrogen-bond donors (Lipinski definition) is 1. The number of amides is 2. The number of ether oxygens (including phenoxy) is 1. The Bertz CT molecular complexity index is 1130. The van der Waals surface area contributed by atoms with Gasteiger partial charge in [-0.05, 0) is 39.9 Å². The molecule has 0 unspecified atom stereocenters. The molecule has 0 saturated carbocycles. The Hall–Kier alpha value is -2.60. The number of anilines is 1. The molecule has 1 N–H and O–H groups in total. The van der Waals surface area contributed by atoms with E-state index in [9.17, 15) is 22.8 Å². The molecule has 2 aliphatic heterocycles. The first-order valence-electron chi connectivity index (χ1n) is 12.0. The standard InChI is InChI=1S/C24H32F3N5O3S/c1-15-6-5-9-32(15)22(34)35-23(14-30(3)4)7-10-31(11-8-23)18-12-17(24(25,26)27)20-19(29-18)16(13-36-20)21(33)28-2/h12-13,15H,5-11,14H2,1-4H3,(H,28,33)/t15-/m0/s1. The molecule has 0 bridgehead atoms. The van der Waals surface area contributed by atoms with Gasteiger partial charge in [-0.15, -0.1) is 11.3 Å². The number of thiophene rings is 1. The van der Waals surface area contributed by atoms with Gasteiger partial charge in [0.25, 0.3) is 5.91 Å². The van der Waals surface area contributed by atoms with Gasteiger partial charge >= 0.3 is 12.3 Å². The summed E-state index contributed by atoms with van der Waals surface area (Å²) in [6.07, 6.45) is -2.13. The third kappa shape index (κ3) is 5.24. The van der Waals surface area contributed by atoms with E-state index < -0.39 is 23.2 Å². The van der Waals surface area contributed by atoms with Crippen LogP contribution in [-0.4, -0.2) is 85.7 Å². The van der Waals surface area contributed by atoms with Crippen LogP contribution >= 0.6 is 11.3 Å². The smallest absolute Gasteiger partial charge is 0.417 e. The number of carbonyl (C=O) groups is 2. The van der Waals surface area contributed by atoms with Gasteiger partial charge in [0.15, 0.2) is 0 Å². The zero-order valence-corrected chi connectivity index (χ0v) is 21.8. The highest BCUT2D eigenvalue weighted by Gasteiger charge is 2.42. The molecule has 36 heavy (non-hydrogen) atoms. The maximum atomic E-state index is 13.9. The molecule has 4 rings (SSSR count). The van der Waals surface area contributed by atoms with E-state index in [-0.39, 0.29) is 33.7 Å². The topological polar surface area (TPSA) is 78.0 Å². The fraction of sp³-hybridized carbons (Fsp3) is 0.625. The number of fused-ring (bicyclic) bond motifs is 1. The van der Waals surface area contributed by atoms with Gasteiger partial charge in [-0.25, -0.2) is 9.78 Å². The fourth-order valence-electron chi connectivity index (χ4n) is 5.12. The van der Waals surface area contributed by atoms with Crippen LogP contribution in [0.1, 0.15) is 48.5 Å². The van der Waals surface area contributed by atoms with E-state index >= 15 is 0 Å². The maximum absolute atomic E-state index is 13.9. The quantitative estimate of drug-likeness (QED) is 0.628. The summed E-state index contributed by atoms with van der Waals surface area (Å²) in [7, 11) is 5.24. The van der Waals surface area contributed by atoms with Crippen molar-refractivity contribution in [3.63, 3.8) is 0 Å². The SMILES string of the molecule is CNC(=O)c1csc2c(C(F)(F)F)cc(N3CCC(CN(C)C)(OC(=O)N4CCC[C@@H]4C)CC3)nc12. The Morgan fingerprint density at radius 1 is 1.28 bits per heavy atom. The van der Waals surface area contributed by atoms with Gasteiger partial charge in [-0.2, -0.15) is 13.2 Å². The van der Waals surface area contributed by atoms with Crippen molar-refractivity contribution >= 4 is 39.4 Å². The Balaban J connectivity index is 1.61. The van der Waals surface area contributed by atoms with Crippen LogP contribution in [-0.2, 0) is 10.9 Å². The lowest BCUT2D eigenvalue weighted by atomic mass is 9.90. The van der Waals surface area contributed by atoms with Crippen LogP contribution in [0.4, 0.5) is 23.8 Å². The first kappa shape index (κ1) is 26.5. The Labute approximate surface area is 212 Å². The molecule has 0 aromatic carbocycles. The Morgan fingerprint density at radius 2 is 1.97 bits per heavy atom. The van der Waals surface area contributed by atoms with Crippen LogP contribution in [0.25, 0.3) is 10.2 Å². The number of likely N-dealkylation sites (tertiary alicyclic amines) is 1. The van der Waals surface area contributed by atoms with E-state index in [1.54, 1.807) is 9.80 Å². The second-order valence-corrected chi connectivity index (χ2v) is 10.8. The van der Waals surface area contributed by atoms with Crippen molar-refractivity contribution in [2.75, 3.05) is 52.2 Å². The van der Waals surface area contributed by atoms with E-state index in [0.717, 1.165) is 30.2 Å². The molecule has 4 heterocycles.